The van der Waals surface area contributed by atoms with E-state index in [4.69, 9.17) is 16.3 Å². The Hall–Kier alpha value is -1.85. The molecule has 4 rings (SSSR count). The molecule has 3 heterocycles. The van der Waals surface area contributed by atoms with Gasteiger partial charge in [-0.1, -0.05) is 17.7 Å². The molecule has 6 heteroatoms. The number of imidazole rings is 1. The molecule has 2 aliphatic rings. The van der Waals surface area contributed by atoms with Crippen LogP contribution in [-0.2, 0) is 9.53 Å². The lowest BCUT2D eigenvalue weighted by atomic mass is 10.1. The van der Waals surface area contributed by atoms with Crippen molar-refractivity contribution in [1.82, 2.24) is 14.3 Å². The highest BCUT2D eigenvalue weighted by molar-refractivity contribution is 6.31. The molecule has 0 aromatic carbocycles. The smallest absolute Gasteiger partial charge is 0.246 e. The number of halogens is 1. The first-order valence-corrected chi connectivity index (χ1v) is 8.79. The number of hydrogen-bond acceptors (Lipinski definition) is 3. The number of fused-ring (bicyclic) bond motifs is 1. The number of ether oxygens (including phenoxy) is 1. The molecule has 2 fully saturated rings. The van der Waals surface area contributed by atoms with E-state index in [1.165, 1.54) is 0 Å². The minimum atomic E-state index is 0.0475. The molecule has 0 bridgehead atoms. The molecular formula is C18H20ClN3O2. The Balaban J connectivity index is 1.52. The Morgan fingerprint density at radius 3 is 3.04 bits per heavy atom. The lowest BCUT2D eigenvalue weighted by Crippen LogP contribution is -2.36. The first-order chi connectivity index (χ1) is 11.7. The summed E-state index contributed by atoms with van der Waals surface area (Å²) >= 11 is 6.22. The van der Waals surface area contributed by atoms with Crippen molar-refractivity contribution in [3.05, 3.63) is 41.3 Å². The lowest BCUT2D eigenvalue weighted by molar-refractivity contribution is -0.127. The molecule has 24 heavy (non-hydrogen) atoms. The summed E-state index contributed by atoms with van der Waals surface area (Å²) in [6.07, 6.45) is 8.53. The van der Waals surface area contributed by atoms with E-state index in [-0.39, 0.29) is 5.91 Å². The molecule has 1 atom stereocenters. The van der Waals surface area contributed by atoms with Crippen molar-refractivity contribution < 1.29 is 9.53 Å². The van der Waals surface area contributed by atoms with Crippen LogP contribution < -0.4 is 0 Å². The van der Waals surface area contributed by atoms with Gasteiger partial charge in [-0.2, -0.15) is 0 Å². The maximum absolute atomic E-state index is 12.7. The molecule has 126 valence electrons. The van der Waals surface area contributed by atoms with Crippen LogP contribution in [0, 0.1) is 5.92 Å². The van der Waals surface area contributed by atoms with Crippen molar-refractivity contribution in [2.24, 2.45) is 5.92 Å². The largest absolute Gasteiger partial charge is 0.381 e. The highest BCUT2D eigenvalue weighted by atomic mass is 35.5. The molecule has 1 amide bonds. The maximum Gasteiger partial charge on any atom is 0.246 e. The highest BCUT2D eigenvalue weighted by Gasteiger charge is 2.33. The zero-order chi connectivity index (χ0) is 16.5. The number of rotatable bonds is 5. The van der Waals surface area contributed by atoms with Crippen LogP contribution in [0.15, 0.2) is 30.5 Å². The third kappa shape index (κ3) is 3.19. The van der Waals surface area contributed by atoms with E-state index in [1.54, 1.807) is 12.2 Å². The monoisotopic (exact) mass is 345 g/mol. The Bertz CT molecular complexity index is 776. The Labute approximate surface area is 145 Å². The van der Waals surface area contributed by atoms with Gasteiger partial charge in [-0.05, 0) is 37.5 Å². The van der Waals surface area contributed by atoms with Gasteiger partial charge in [0, 0.05) is 37.4 Å². The molecule has 0 radical (unpaired) electrons. The SMILES string of the molecule is O=C(/C=C\c1c(Cl)nc2ccccn12)N(C[C@@H]1CCOC1)C1CC1. The van der Waals surface area contributed by atoms with Gasteiger partial charge in [-0.25, -0.2) is 4.98 Å². The fourth-order valence-electron chi connectivity index (χ4n) is 3.19. The number of pyridine rings is 1. The van der Waals surface area contributed by atoms with Gasteiger partial charge in [-0.3, -0.25) is 9.20 Å². The van der Waals surface area contributed by atoms with Crippen LogP contribution in [0.4, 0.5) is 0 Å². The van der Waals surface area contributed by atoms with E-state index >= 15 is 0 Å². The van der Waals surface area contributed by atoms with Crippen LogP contribution in [0.5, 0.6) is 0 Å². The molecule has 1 saturated carbocycles. The summed E-state index contributed by atoms with van der Waals surface area (Å²) in [7, 11) is 0. The third-order valence-corrected chi connectivity index (χ3v) is 4.93. The minimum Gasteiger partial charge on any atom is -0.381 e. The van der Waals surface area contributed by atoms with Crippen LogP contribution in [0.25, 0.3) is 11.7 Å². The second-order valence-corrected chi connectivity index (χ2v) is 6.86. The van der Waals surface area contributed by atoms with Gasteiger partial charge < -0.3 is 9.64 Å². The van der Waals surface area contributed by atoms with Gasteiger partial charge >= 0.3 is 0 Å². The predicted molar refractivity (Wildman–Crippen MR) is 92.9 cm³/mol. The topological polar surface area (TPSA) is 46.8 Å². The van der Waals surface area contributed by atoms with Gasteiger partial charge in [0.1, 0.15) is 5.65 Å². The summed E-state index contributed by atoms with van der Waals surface area (Å²) in [5.74, 6) is 0.508. The zero-order valence-corrected chi connectivity index (χ0v) is 14.2. The quantitative estimate of drug-likeness (QED) is 0.782. The first-order valence-electron chi connectivity index (χ1n) is 8.41. The predicted octanol–water partition coefficient (Wildman–Crippen LogP) is 3.03. The second kappa shape index (κ2) is 6.57. The lowest BCUT2D eigenvalue weighted by Gasteiger charge is -2.23. The maximum atomic E-state index is 12.7. The van der Waals surface area contributed by atoms with Crippen LogP contribution in [0.2, 0.25) is 5.15 Å². The van der Waals surface area contributed by atoms with Crippen LogP contribution in [-0.4, -0.2) is 46.0 Å². The molecule has 2 aromatic rings. The number of hydrogen-bond donors (Lipinski definition) is 0. The van der Waals surface area contributed by atoms with E-state index in [2.05, 4.69) is 4.98 Å². The van der Waals surface area contributed by atoms with E-state index in [0.717, 1.165) is 50.4 Å². The van der Waals surface area contributed by atoms with Crippen molar-refractivity contribution in [1.29, 1.82) is 0 Å². The van der Waals surface area contributed by atoms with E-state index in [0.29, 0.717) is 17.1 Å². The molecule has 1 aliphatic heterocycles. The fourth-order valence-corrected chi connectivity index (χ4v) is 3.43. The van der Waals surface area contributed by atoms with Gasteiger partial charge in [0.2, 0.25) is 5.91 Å². The number of amides is 1. The standard InChI is InChI=1S/C18H20ClN3O2/c19-18-15(21-9-2-1-3-16(21)20-18)6-7-17(23)22(14-4-5-14)11-13-8-10-24-12-13/h1-3,6-7,9,13-14H,4-5,8,10-12H2/b7-6-/t13-/m0/s1. The zero-order valence-electron chi connectivity index (χ0n) is 13.4. The number of carbonyl (C=O) groups is 1. The minimum absolute atomic E-state index is 0.0475. The van der Waals surface area contributed by atoms with Crippen molar-refractivity contribution in [3.63, 3.8) is 0 Å². The average Bonchev–Trinajstić information content (AvgIpc) is 3.19. The van der Waals surface area contributed by atoms with Crippen LogP contribution in [0.1, 0.15) is 25.0 Å². The molecule has 1 aliphatic carbocycles. The van der Waals surface area contributed by atoms with Gasteiger partial charge in [0.05, 0.1) is 12.3 Å². The van der Waals surface area contributed by atoms with E-state index < -0.39 is 0 Å². The average molecular weight is 346 g/mol. The fraction of sp³-hybridized carbons (Fsp3) is 0.444. The van der Waals surface area contributed by atoms with Gasteiger partial charge in [0.15, 0.2) is 5.15 Å². The van der Waals surface area contributed by atoms with Crippen molar-refractivity contribution >= 4 is 29.2 Å². The summed E-state index contributed by atoms with van der Waals surface area (Å²) in [5, 5.41) is 0.410. The number of aromatic nitrogens is 2. The summed E-state index contributed by atoms with van der Waals surface area (Å²) < 4.78 is 7.32. The summed E-state index contributed by atoms with van der Waals surface area (Å²) in [5.41, 5.74) is 1.51. The van der Waals surface area contributed by atoms with Crippen molar-refractivity contribution in [2.45, 2.75) is 25.3 Å². The van der Waals surface area contributed by atoms with Crippen LogP contribution in [0.3, 0.4) is 0 Å². The third-order valence-electron chi connectivity index (χ3n) is 4.66. The Kier molecular flexibility index (Phi) is 4.29. The van der Waals surface area contributed by atoms with Gasteiger partial charge in [-0.15, -0.1) is 0 Å². The van der Waals surface area contributed by atoms with Crippen molar-refractivity contribution in [2.75, 3.05) is 19.8 Å². The highest BCUT2D eigenvalue weighted by Crippen LogP contribution is 2.29. The molecule has 1 saturated heterocycles. The summed E-state index contributed by atoms with van der Waals surface area (Å²) in [4.78, 5) is 19.0. The molecule has 2 aromatic heterocycles. The Morgan fingerprint density at radius 1 is 1.42 bits per heavy atom. The number of carbonyl (C=O) groups excluding carboxylic acids is 1. The summed E-state index contributed by atoms with van der Waals surface area (Å²) in [6.45, 7) is 2.36. The van der Waals surface area contributed by atoms with E-state index in [1.807, 2.05) is 33.7 Å². The summed E-state index contributed by atoms with van der Waals surface area (Å²) in [6, 6.07) is 6.11. The number of nitrogens with zero attached hydrogens (tertiary/aromatic N) is 3. The molecular weight excluding hydrogens is 326 g/mol. The molecule has 0 spiro atoms. The van der Waals surface area contributed by atoms with E-state index in [9.17, 15) is 4.79 Å². The molecule has 5 nitrogen and oxygen atoms in total. The first kappa shape index (κ1) is 15.7. The Morgan fingerprint density at radius 2 is 2.29 bits per heavy atom. The van der Waals surface area contributed by atoms with Gasteiger partial charge in [0.25, 0.3) is 0 Å². The molecule has 0 N–H and O–H groups in total. The van der Waals surface area contributed by atoms with Crippen molar-refractivity contribution in [3.8, 4) is 0 Å². The van der Waals surface area contributed by atoms with Crippen LogP contribution >= 0.6 is 11.6 Å². The normalized spacial score (nSPS) is 21.0. The molecule has 0 unspecified atom stereocenters. The second-order valence-electron chi connectivity index (χ2n) is 6.50.